The molecule has 1 amide bonds. The van der Waals surface area contributed by atoms with Crippen LogP contribution in [0.15, 0.2) is 24.3 Å². The minimum Gasteiger partial charge on any atom is -0.325 e. The zero-order chi connectivity index (χ0) is 13.5. The van der Waals surface area contributed by atoms with Gasteiger partial charge in [0, 0.05) is 12.2 Å². The molecule has 2 atom stereocenters. The summed E-state index contributed by atoms with van der Waals surface area (Å²) in [4.78, 5) is 15.0. The van der Waals surface area contributed by atoms with Crippen LogP contribution in [0, 0.1) is 0 Å². The Labute approximate surface area is 118 Å². The molecule has 0 aromatic heterocycles. The van der Waals surface area contributed by atoms with Crippen molar-refractivity contribution < 1.29 is 4.79 Å². The second-order valence-electron chi connectivity index (χ2n) is 5.49. The summed E-state index contributed by atoms with van der Waals surface area (Å²) in [5, 5.41) is 3.53. The largest absolute Gasteiger partial charge is 0.325 e. The molecular formula is C15H20N2OS. The van der Waals surface area contributed by atoms with Gasteiger partial charge in [-0.05, 0) is 44.2 Å². The predicted octanol–water partition coefficient (Wildman–Crippen LogP) is 2.68. The van der Waals surface area contributed by atoms with Gasteiger partial charge in [-0.25, -0.2) is 0 Å². The number of thioether (sulfide) groups is 1. The van der Waals surface area contributed by atoms with Crippen LogP contribution in [0.1, 0.15) is 25.3 Å². The highest BCUT2D eigenvalue weighted by atomic mass is 32.2. The first-order chi connectivity index (χ1) is 9.17. The van der Waals surface area contributed by atoms with Crippen molar-refractivity contribution in [1.29, 1.82) is 0 Å². The van der Waals surface area contributed by atoms with Gasteiger partial charge in [-0.15, -0.1) is 11.8 Å². The van der Waals surface area contributed by atoms with E-state index in [1.807, 2.05) is 30.0 Å². The highest BCUT2D eigenvalue weighted by Gasteiger charge is 2.49. The number of nitrogens with zero attached hydrogens (tertiary/aromatic N) is 1. The summed E-state index contributed by atoms with van der Waals surface area (Å²) in [6, 6.07) is 8.15. The number of nitrogens with one attached hydrogen (secondary N) is 1. The van der Waals surface area contributed by atoms with Crippen molar-refractivity contribution in [2.24, 2.45) is 0 Å². The molecule has 2 heterocycles. The van der Waals surface area contributed by atoms with Crippen molar-refractivity contribution in [2.75, 3.05) is 24.7 Å². The van der Waals surface area contributed by atoms with Crippen molar-refractivity contribution in [3.63, 3.8) is 0 Å². The van der Waals surface area contributed by atoms with Gasteiger partial charge in [-0.1, -0.05) is 18.2 Å². The monoisotopic (exact) mass is 276 g/mol. The van der Waals surface area contributed by atoms with E-state index in [1.165, 1.54) is 5.56 Å². The average Bonchev–Trinajstić information content (AvgIpc) is 2.71. The quantitative estimate of drug-likeness (QED) is 0.901. The van der Waals surface area contributed by atoms with E-state index >= 15 is 0 Å². The van der Waals surface area contributed by atoms with Gasteiger partial charge >= 0.3 is 0 Å². The van der Waals surface area contributed by atoms with Crippen LogP contribution in [-0.4, -0.2) is 35.5 Å². The lowest BCUT2D eigenvalue weighted by Crippen LogP contribution is -2.51. The van der Waals surface area contributed by atoms with E-state index in [0.29, 0.717) is 5.37 Å². The molecule has 0 radical (unpaired) electrons. The number of carbonyl (C=O) groups excluding carboxylic acids is 1. The molecule has 102 valence electrons. The van der Waals surface area contributed by atoms with Crippen LogP contribution in [0.25, 0.3) is 0 Å². The first kappa shape index (κ1) is 13.0. The Morgan fingerprint density at radius 3 is 3.00 bits per heavy atom. The lowest BCUT2D eigenvalue weighted by Gasteiger charge is -2.41. The fourth-order valence-corrected chi connectivity index (χ4v) is 3.81. The molecule has 0 bridgehead atoms. The van der Waals surface area contributed by atoms with Gasteiger partial charge in [-0.2, -0.15) is 0 Å². The van der Waals surface area contributed by atoms with E-state index in [-0.39, 0.29) is 11.3 Å². The van der Waals surface area contributed by atoms with E-state index in [1.54, 1.807) is 0 Å². The number of benzene rings is 1. The fourth-order valence-electron chi connectivity index (χ4n) is 3.33. The third-order valence-electron chi connectivity index (χ3n) is 4.50. The number of para-hydroxylation sites is 1. The zero-order valence-electron chi connectivity index (χ0n) is 11.5. The third-order valence-corrected chi connectivity index (χ3v) is 5.48. The summed E-state index contributed by atoms with van der Waals surface area (Å²) >= 11 is 1.85. The Balaban J connectivity index is 1.96. The van der Waals surface area contributed by atoms with Crippen LogP contribution in [0.5, 0.6) is 0 Å². The maximum Gasteiger partial charge on any atom is 0.236 e. The van der Waals surface area contributed by atoms with Gasteiger partial charge < -0.3 is 5.32 Å². The minimum absolute atomic E-state index is 0.187. The molecule has 1 spiro atoms. The number of hydrogen-bond acceptors (Lipinski definition) is 3. The topological polar surface area (TPSA) is 32.3 Å². The molecule has 3 nitrogen and oxygen atoms in total. The van der Waals surface area contributed by atoms with Crippen LogP contribution in [0.4, 0.5) is 5.69 Å². The second kappa shape index (κ2) is 4.84. The summed E-state index contributed by atoms with van der Waals surface area (Å²) in [5.74, 6) is 0.187. The molecule has 1 fully saturated rings. The Kier molecular flexibility index (Phi) is 3.31. The molecule has 2 unspecified atom stereocenters. The molecule has 0 saturated carbocycles. The van der Waals surface area contributed by atoms with Gasteiger partial charge in [0.25, 0.3) is 0 Å². The summed E-state index contributed by atoms with van der Waals surface area (Å²) in [5.41, 5.74) is 1.88. The highest BCUT2D eigenvalue weighted by molar-refractivity contribution is 7.99. The van der Waals surface area contributed by atoms with E-state index in [9.17, 15) is 4.79 Å². The maximum atomic E-state index is 12.5. The second-order valence-corrected chi connectivity index (χ2v) is 6.64. The van der Waals surface area contributed by atoms with Gasteiger partial charge in [-0.3, -0.25) is 9.69 Å². The standard InChI is InChI=1S/C15H20N2OS/c1-11(19-2)17-9-5-8-15(10-17)12-6-3-4-7-13(12)16-14(15)18/h3-4,6-7,11H,5,8-10H2,1-2H3,(H,16,18). The summed E-state index contributed by atoms with van der Waals surface area (Å²) in [7, 11) is 0. The maximum absolute atomic E-state index is 12.5. The molecule has 1 aromatic rings. The summed E-state index contributed by atoms with van der Waals surface area (Å²) < 4.78 is 0. The lowest BCUT2D eigenvalue weighted by molar-refractivity contribution is -0.122. The molecule has 1 saturated heterocycles. The van der Waals surface area contributed by atoms with Crippen molar-refractivity contribution in [3.8, 4) is 0 Å². The van der Waals surface area contributed by atoms with E-state index < -0.39 is 0 Å². The number of hydrogen-bond donors (Lipinski definition) is 1. The number of anilines is 1. The fraction of sp³-hybridized carbons (Fsp3) is 0.533. The number of fused-ring (bicyclic) bond motifs is 2. The van der Waals surface area contributed by atoms with E-state index in [2.05, 4.69) is 29.5 Å². The van der Waals surface area contributed by atoms with Crippen molar-refractivity contribution in [1.82, 2.24) is 4.90 Å². The van der Waals surface area contributed by atoms with Crippen LogP contribution < -0.4 is 5.32 Å². The first-order valence-electron chi connectivity index (χ1n) is 6.85. The number of rotatable bonds is 2. The average molecular weight is 276 g/mol. The molecule has 19 heavy (non-hydrogen) atoms. The molecule has 3 rings (SSSR count). The molecule has 2 aliphatic heterocycles. The Morgan fingerprint density at radius 1 is 1.42 bits per heavy atom. The van der Waals surface area contributed by atoms with Crippen LogP contribution in [-0.2, 0) is 10.2 Å². The van der Waals surface area contributed by atoms with Gasteiger partial charge in [0.2, 0.25) is 5.91 Å². The van der Waals surface area contributed by atoms with Crippen LogP contribution in [0.2, 0.25) is 0 Å². The molecule has 0 aliphatic carbocycles. The number of piperidine rings is 1. The lowest BCUT2D eigenvalue weighted by atomic mass is 9.75. The number of carbonyl (C=O) groups is 1. The first-order valence-corrected chi connectivity index (χ1v) is 8.14. The Morgan fingerprint density at radius 2 is 2.21 bits per heavy atom. The Bertz CT molecular complexity index is 505. The van der Waals surface area contributed by atoms with Crippen LogP contribution >= 0.6 is 11.8 Å². The SMILES string of the molecule is CSC(C)N1CCCC2(C1)C(=O)Nc1ccccc12. The van der Waals surface area contributed by atoms with Crippen molar-refractivity contribution in [3.05, 3.63) is 29.8 Å². The molecule has 1 N–H and O–H groups in total. The van der Waals surface area contributed by atoms with E-state index in [0.717, 1.165) is 31.6 Å². The van der Waals surface area contributed by atoms with Gasteiger partial charge in [0.15, 0.2) is 0 Å². The summed E-state index contributed by atoms with van der Waals surface area (Å²) in [6.07, 6.45) is 4.19. The van der Waals surface area contributed by atoms with Gasteiger partial charge in [0.05, 0.1) is 10.8 Å². The number of likely N-dealkylation sites (tertiary alicyclic amines) is 1. The third kappa shape index (κ3) is 1.98. The predicted molar refractivity (Wildman–Crippen MR) is 80.5 cm³/mol. The Hall–Kier alpha value is -1.00. The van der Waals surface area contributed by atoms with Crippen molar-refractivity contribution in [2.45, 2.75) is 30.6 Å². The zero-order valence-corrected chi connectivity index (χ0v) is 12.3. The number of amides is 1. The minimum atomic E-state index is -0.321. The highest BCUT2D eigenvalue weighted by Crippen LogP contribution is 2.44. The van der Waals surface area contributed by atoms with Gasteiger partial charge in [0.1, 0.15) is 0 Å². The smallest absolute Gasteiger partial charge is 0.236 e. The molecule has 1 aromatic carbocycles. The van der Waals surface area contributed by atoms with Crippen LogP contribution in [0.3, 0.4) is 0 Å². The molecule has 2 aliphatic rings. The summed E-state index contributed by atoms with van der Waals surface area (Å²) in [6.45, 7) is 4.17. The normalized spacial score (nSPS) is 28.2. The molecule has 4 heteroatoms. The molecular weight excluding hydrogens is 256 g/mol. The van der Waals surface area contributed by atoms with Crippen molar-refractivity contribution >= 4 is 23.4 Å². The van der Waals surface area contributed by atoms with E-state index in [4.69, 9.17) is 0 Å².